The molecule has 0 spiro atoms. The van der Waals surface area contributed by atoms with E-state index in [2.05, 4.69) is 6.07 Å². The minimum absolute atomic E-state index is 0.203. The van der Waals surface area contributed by atoms with Crippen molar-refractivity contribution in [2.75, 3.05) is 7.11 Å². The summed E-state index contributed by atoms with van der Waals surface area (Å²) < 4.78 is 5.31. The van der Waals surface area contributed by atoms with Crippen molar-refractivity contribution in [1.29, 1.82) is 0 Å². The average molecular weight is 286 g/mol. The summed E-state index contributed by atoms with van der Waals surface area (Å²) in [6, 6.07) is 9.85. The minimum atomic E-state index is 0.203. The third-order valence-electron chi connectivity index (χ3n) is 3.81. The molecule has 0 aliphatic heterocycles. The van der Waals surface area contributed by atoms with Crippen LogP contribution in [-0.4, -0.2) is 12.9 Å². The fourth-order valence-electron chi connectivity index (χ4n) is 2.74. The first kappa shape index (κ1) is 13.4. The Morgan fingerprint density at radius 1 is 1.25 bits per heavy atom. The van der Waals surface area contributed by atoms with E-state index in [1.165, 1.54) is 23.3 Å². The van der Waals surface area contributed by atoms with Crippen LogP contribution < -0.4 is 4.74 Å². The van der Waals surface area contributed by atoms with E-state index in [-0.39, 0.29) is 5.78 Å². The van der Waals surface area contributed by atoms with Crippen molar-refractivity contribution in [3.8, 4) is 5.75 Å². The lowest BCUT2D eigenvalue weighted by molar-refractivity contribution is 0.0996. The second kappa shape index (κ2) is 5.80. The number of carbonyl (C=O) groups is 1. The molecule has 0 N–H and O–H groups in total. The van der Waals surface area contributed by atoms with Crippen LogP contribution in [0.25, 0.3) is 0 Å². The Morgan fingerprint density at radius 2 is 2.05 bits per heavy atom. The fourth-order valence-corrected chi connectivity index (χ4v) is 3.93. The summed E-state index contributed by atoms with van der Waals surface area (Å²) in [5.74, 6) is 0.996. The summed E-state index contributed by atoms with van der Waals surface area (Å²) in [6.45, 7) is 0. The predicted molar refractivity (Wildman–Crippen MR) is 82.0 cm³/mol. The quantitative estimate of drug-likeness (QED) is 0.792. The van der Waals surface area contributed by atoms with Gasteiger partial charge < -0.3 is 4.74 Å². The molecule has 3 heteroatoms. The van der Waals surface area contributed by atoms with Crippen LogP contribution in [0.15, 0.2) is 30.3 Å². The van der Waals surface area contributed by atoms with E-state index in [4.69, 9.17) is 4.74 Å². The number of Topliss-reactive ketones (excluding diaryl/α,β-unsaturated/α-hetero) is 1. The first-order valence-corrected chi connectivity index (χ1v) is 7.86. The van der Waals surface area contributed by atoms with Gasteiger partial charge in [-0.2, -0.15) is 0 Å². The number of para-hydroxylation sites is 1. The number of aryl methyl sites for hydroxylation is 2. The van der Waals surface area contributed by atoms with E-state index in [0.29, 0.717) is 6.42 Å². The van der Waals surface area contributed by atoms with Gasteiger partial charge in [-0.1, -0.05) is 18.2 Å². The molecule has 1 aromatic heterocycles. The molecule has 2 nitrogen and oxygen atoms in total. The van der Waals surface area contributed by atoms with Crippen LogP contribution in [0.3, 0.4) is 0 Å². The van der Waals surface area contributed by atoms with Crippen molar-refractivity contribution in [1.82, 2.24) is 0 Å². The lowest BCUT2D eigenvalue weighted by Crippen LogP contribution is -2.03. The number of methoxy groups -OCH3 is 1. The van der Waals surface area contributed by atoms with E-state index in [1.54, 1.807) is 18.4 Å². The summed E-state index contributed by atoms with van der Waals surface area (Å²) in [5, 5.41) is 0. The summed E-state index contributed by atoms with van der Waals surface area (Å²) >= 11 is 1.69. The molecule has 0 bridgehead atoms. The zero-order valence-corrected chi connectivity index (χ0v) is 12.5. The summed E-state index contributed by atoms with van der Waals surface area (Å²) in [5.41, 5.74) is 2.36. The van der Waals surface area contributed by atoms with Gasteiger partial charge in [0, 0.05) is 16.9 Å². The zero-order valence-electron chi connectivity index (χ0n) is 11.6. The zero-order chi connectivity index (χ0) is 13.9. The molecule has 1 aromatic carbocycles. The Kier molecular flexibility index (Phi) is 3.88. The van der Waals surface area contributed by atoms with E-state index < -0.39 is 0 Å². The Bertz CT molecular complexity index is 604. The van der Waals surface area contributed by atoms with Crippen LogP contribution in [-0.2, 0) is 19.3 Å². The van der Waals surface area contributed by atoms with Crippen LogP contribution in [0, 0.1) is 0 Å². The van der Waals surface area contributed by atoms with Gasteiger partial charge >= 0.3 is 0 Å². The largest absolute Gasteiger partial charge is 0.496 e. The number of carbonyl (C=O) groups excluding carboxylic acids is 1. The lowest BCUT2D eigenvalue weighted by atomic mass is 9.98. The van der Waals surface area contributed by atoms with Gasteiger partial charge in [0.1, 0.15) is 5.75 Å². The van der Waals surface area contributed by atoms with E-state index in [0.717, 1.165) is 29.0 Å². The minimum Gasteiger partial charge on any atom is -0.496 e. The predicted octanol–water partition coefficient (Wildman–Crippen LogP) is 4.06. The average Bonchev–Trinajstić information content (AvgIpc) is 2.92. The Labute approximate surface area is 123 Å². The Hall–Kier alpha value is -1.61. The number of hydrogen-bond acceptors (Lipinski definition) is 3. The third kappa shape index (κ3) is 2.63. The van der Waals surface area contributed by atoms with Gasteiger partial charge in [-0.3, -0.25) is 4.79 Å². The maximum atomic E-state index is 12.5. The number of ether oxygens (including phenoxy) is 1. The highest BCUT2D eigenvalue weighted by Gasteiger charge is 2.18. The van der Waals surface area contributed by atoms with Crippen molar-refractivity contribution in [3.05, 3.63) is 51.2 Å². The lowest BCUT2D eigenvalue weighted by Gasteiger charge is -2.08. The molecule has 0 atom stereocenters. The van der Waals surface area contributed by atoms with Crippen molar-refractivity contribution < 1.29 is 9.53 Å². The van der Waals surface area contributed by atoms with Gasteiger partial charge in [0.2, 0.25) is 0 Å². The number of benzene rings is 1. The molecule has 0 saturated heterocycles. The molecule has 0 radical (unpaired) electrons. The SMILES string of the molecule is COc1ccccc1CC(=O)c1cc2c(s1)CCCC2. The van der Waals surface area contributed by atoms with Gasteiger partial charge in [-0.25, -0.2) is 0 Å². The summed E-state index contributed by atoms with van der Waals surface area (Å²) in [6.07, 6.45) is 5.21. The topological polar surface area (TPSA) is 26.3 Å². The second-order valence-corrected chi connectivity index (χ2v) is 6.31. The summed E-state index contributed by atoms with van der Waals surface area (Å²) in [7, 11) is 1.65. The molecular weight excluding hydrogens is 268 g/mol. The highest BCUT2D eigenvalue weighted by Crippen LogP contribution is 2.31. The van der Waals surface area contributed by atoms with Crippen molar-refractivity contribution in [2.24, 2.45) is 0 Å². The second-order valence-electron chi connectivity index (χ2n) is 5.18. The smallest absolute Gasteiger partial charge is 0.177 e. The van der Waals surface area contributed by atoms with E-state index in [1.807, 2.05) is 24.3 Å². The maximum absolute atomic E-state index is 12.5. The molecule has 0 amide bonds. The van der Waals surface area contributed by atoms with E-state index >= 15 is 0 Å². The van der Waals surface area contributed by atoms with Gasteiger partial charge in [0.15, 0.2) is 5.78 Å². The van der Waals surface area contributed by atoms with Crippen LogP contribution in [0.5, 0.6) is 5.75 Å². The van der Waals surface area contributed by atoms with Crippen LogP contribution in [0.4, 0.5) is 0 Å². The van der Waals surface area contributed by atoms with Crippen LogP contribution in [0.2, 0.25) is 0 Å². The van der Waals surface area contributed by atoms with Crippen LogP contribution in [0.1, 0.15) is 38.5 Å². The van der Waals surface area contributed by atoms with Crippen LogP contribution >= 0.6 is 11.3 Å². The first-order chi connectivity index (χ1) is 9.78. The van der Waals surface area contributed by atoms with Gasteiger partial charge in [-0.05, 0) is 43.4 Å². The van der Waals surface area contributed by atoms with Gasteiger partial charge in [-0.15, -0.1) is 11.3 Å². The van der Waals surface area contributed by atoms with Gasteiger partial charge in [0.05, 0.1) is 12.0 Å². The fraction of sp³-hybridized carbons (Fsp3) is 0.353. The monoisotopic (exact) mass is 286 g/mol. The number of fused-ring (bicyclic) bond motifs is 1. The molecule has 1 aliphatic carbocycles. The number of hydrogen-bond donors (Lipinski definition) is 0. The standard InChI is InChI=1S/C17H18O2S/c1-19-15-8-4-2-6-12(15)10-14(18)17-11-13-7-3-5-9-16(13)20-17/h2,4,6,8,11H,3,5,7,9-10H2,1H3. The normalized spacial score (nSPS) is 13.8. The molecule has 0 unspecified atom stereocenters. The molecule has 1 heterocycles. The first-order valence-electron chi connectivity index (χ1n) is 7.04. The Morgan fingerprint density at radius 3 is 2.85 bits per heavy atom. The highest BCUT2D eigenvalue weighted by atomic mass is 32.1. The number of rotatable bonds is 4. The molecule has 1 aliphatic rings. The molecular formula is C17H18O2S. The summed E-state index contributed by atoms with van der Waals surface area (Å²) in [4.78, 5) is 14.8. The molecule has 20 heavy (non-hydrogen) atoms. The molecule has 0 fully saturated rings. The maximum Gasteiger partial charge on any atom is 0.177 e. The van der Waals surface area contributed by atoms with Crippen molar-refractivity contribution in [3.63, 3.8) is 0 Å². The highest BCUT2D eigenvalue weighted by molar-refractivity contribution is 7.14. The molecule has 0 saturated carbocycles. The van der Waals surface area contributed by atoms with Crippen molar-refractivity contribution >= 4 is 17.1 Å². The van der Waals surface area contributed by atoms with E-state index in [9.17, 15) is 4.79 Å². The van der Waals surface area contributed by atoms with Gasteiger partial charge in [0.25, 0.3) is 0 Å². The number of thiophene rings is 1. The molecule has 2 aromatic rings. The Balaban J connectivity index is 1.81. The molecule has 3 rings (SSSR count). The molecule has 104 valence electrons. The third-order valence-corrected chi connectivity index (χ3v) is 5.09. The van der Waals surface area contributed by atoms with Crippen molar-refractivity contribution in [2.45, 2.75) is 32.1 Å². The number of ketones is 1.